The summed E-state index contributed by atoms with van der Waals surface area (Å²) in [5.74, 6) is 1.05. The van der Waals surface area contributed by atoms with E-state index in [1.807, 2.05) is 6.07 Å². The topological polar surface area (TPSA) is 35.8 Å². The van der Waals surface area contributed by atoms with Crippen LogP contribution in [0.3, 0.4) is 0 Å². The molecule has 2 unspecified atom stereocenters. The highest BCUT2D eigenvalue weighted by atomic mass is 19.1. The van der Waals surface area contributed by atoms with Gasteiger partial charge in [0.15, 0.2) is 0 Å². The van der Waals surface area contributed by atoms with Crippen LogP contribution in [0.1, 0.15) is 50.7 Å². The SMILES string of the molecule is CC(C)C1CCCCC1NCc1cc(F)cc(C#N)c1. The zero-order chi connectivity index (χ0) is 14.5. The van der Waals surface area contributed by atoms with E-state index in [1.54, 1.807) is 6.07 Å². The Morgan fingerprint density at radius 1 is 1.30 bits per heavy atom. The summed E-state index contributed by atoms with van der Waals surface area (Å²) in [4.78, 5) is 0. The fourth-order valence-electron chi connectivity index (χ4n) is 3.28. The molecular formula is C17H23FN2. The van der Waals surface area contributed by atoms with Crippen LogP contribution in [0.5, 0.6) is 0 Å². The van der Waals surface area contributed by atoms with Crippen molar-refractivity contribution in [3.8, 4) is 6.07 Å². The third kappa shape index (κ3) is 3.80. The molecule has 1 aliphatic carbocycles. The van der Waals surface area contributed by atoms with Gasteiger partial charge in [-0.2, -0.15) is 5.26 Å². The van der Waals surface area contributed by atoms with E-state index >= 15 is 0 Å². The number of nitrogens with zero attached hydrogens (tertiary/aromatic N) is 1. The summed E-state index contributed by atoms with van der Waals surface area (Å²) in [6.45, 7) is 5.20. The molecule has 2 nitrogen and oxygen atoms in total. The minimum Gasteiger partial charge on any atom is -0.310 e. The van der Waals surface area contributed by atoms with Crippen molar-refractivity contribution in [2.75, 3.05) is 0 Å². The Kier molecular flexibility index (Phi) is 5.14. The van der Waals surface area contributed by atoms with E-state index in [2.05, 4.69) is 19.2 Å². The normalized spacial score (nSPS) is 22.8. The first-order chi connectivity index (χ1) is 9.60. The zero-order valence-electron chi connectivity index (χ0n) is 12.3. The van der Waals surface area contributed by atoms with Crippen LogP contribution in [0, 0.1) is 29.0 Å². The molecular weight excluding hydrogens is 251 g/mol. The molecule has 2 atom stereocenters. The molecule has 0 spiro atoms. The molecule has 1 N–H and O–H groups in total. The standard InChI is InChI=1S/C17H23FN2/c1-12(2)16-5-3-4-6-17(16)20-11-14-7-13(10-19)8-15(18)9-14/h7-9,12,16-17,20H,3-6,11H2,1-2H3. The third-order valence-corrected chi connectivity index (χ3v) is 4.33. The average molecular weight is 274 g/mol. The van der Waals surface area contributed by atoms with Crippen molar-refractivity contribution in [3.05, 3.63) is 35.1 Å². The molecule has 0 amide bonds. The quantitative estimate of drug-likeness (QED) is 0.900. The van der Waals surface area contributed by atoms with Crippen molar-refractivity contribution in [3.63, 3.8) is 0 Å². The Labute approximate surface area is 121 Å². The van der Waals surface area contributed by atoms with Gasteiger partial charge in [0.05, 0.1) is 11.6 Å². The summed E-state index contributed by atoms with van der Waals surface area (Å²) in [7, 11) is 0. The summed E-state index contributed by atoms with van der Waals surface area (Å²) in [6.07, 6.45) is 5.07. The predicted octanol–water partition coefficient (Wildman–Crippen LogP) is 4.00. The molecule has 1 aromatic carbocycles. The largest absolute Gasteiger partial charge is 0.310 e. The third-order valence-electron chi connectivity index (χ3n) is 4.33. The highest BCUT2D eigenvalue weighted by Gasteiger charge is 2.26. The number of hydrogen-bond donors (Lipinski definition) is 1. The first kappa shape index (κ1) is 15.0. The van der Waals surface area contributed by atoms with E-state index in [4.69, 9.17) is 5.26 Å². The van der Waals surface area contributed by atoms with Gasteiger partial charge in [0.1, 0.15) is 5.82 Å². The number of nitrogens with one attached hydrogen (secondary N) is 1. The van der Waals surface area contributed by atoms with Crippen LogP contribution in [0.25, 0.3) is 0 Å². The van der Waals surface area contributed by atoms with Gasteiger partial charge in [-0.25, -0.2) is 4.39 Å². The van der Waals surface area contributed by atoms with Crippen molar-refractivity contribution >= 4 is 0 Å². The zero-order valence-corrected chi connectivity index (χ0v) is 12.3. The lowest BCUT2D eigenvalue weighted by atomic mass is 9.78. The van der Waals surface area contributed by atoms with E-state index in [-0.39, 0.29) is 5.82 Å². The maximum absolute atomic E-state index is 13.4. The molecule has 0 aromatic heterocycles. The molecule has 0 aliphatic heterocycles. The smallest absolute Gasteiger partial charge is 0.124 e. The second-order valence-corrected chi connectivity index (χ2v) is 6.14. The van der Waals surface area contributed by atoms with Gasteiger partial charge in [0.2, 0.25) is 0 Å². The van der Waals surface area contributed by atoms with Gasteiger partial charge in [-0.05, 0) is 48.4 Å². The van der Waals surface area contributed by atoms with Crippen molar-refractivity contribution in [2.45, 2.75) is 52.1 Å². The first-order valence-corrected chi connectivity index (χ1v) is 7.53. The van der Waals surface area contributed by atoms with Gasteiger partial charge in [-0.3, -0.25) is 0 Å². The Balaban J connectivity index is 2.00. The van der Waals surface area contributed by atoms with Gasteiger partial charge in [-0.1, -0.05) is 26.7 Å². The van der Waals surface area contributed by atoms with Gasteiger partial charge >= 0.3 is 0 Å². The lowest BCUT2D eigenvalue weighted by molar-refractivity contribution is 0.204. The van der Waals surface area contributed by atoms with E-state index < -0.39 is 0 Å². The predicted molar refractivity (Wildman–Crippen MR) is 78.5 cm³/mol. The highest BCUT2D eigenvalue weighted by molar-refractivity contribution is 5.33. The molecule has 0 heterocycles. The highest BCUT2D eigenvalue weighted by Crippen LogP contribution is 2.30. The molecule has 2 rings (SSSR count). The number of halogens is 1. The molecule has 108 valence electrons. The summed E-state index contributed by atoms with van der Waals surface area (Å²) >= 11 is 0. The van der Waals surface area contributed by atoms with Gasteiger partial charge in [0.25, 0.3) is 0 Å². The van der Waals surface area contributed by atoms with Crippen LogP contribution in [0.4, 0.5) is 4.39 Å². The van der Waals surface area contributed by atoms with Crippen LogP contribution < -0.4 is 5.32 Å². The molecule has 1 saturated carbocycles. The van der Waals surface area contributed by atoms with E-state index in [9.17, 15) is 4.39 Å². The van der Waals surface area contributed by atoms with Crippen molar-refractivity contribution < 1.29 is 4.39 Å². The van der Waals surface area contributed by atoms with Crippen molar-refractivity contribution in [1.82, 2.24) is 5.32 Å². The maximum atomic E-state index is 13.4. The van der Waals surface area contributed by atoms with E-state index in [0.29, 0.717) is 30.0 Å². The first-order valence-electron chi connectivity index (χ1n) is 7.53. The Bertz CT molecular complexity index is 490. The lowest BCUT2D eigenvalue weighted by Crippen LogP contribution is -2.40. The van der Waals surface area contributed by atoms with Gasteiger partial charge in [-0.15, -0.1) is 0 Å². The molecule has 3 heteroatoms. The fourth-order valence-corrected chi connectivity index (χ4v) is 3.28. The molecule has 0 bridgehead atoms. The van der Waals surface area contributed by atoms with E-state index in [0.717, 1.165) is 5.56 Å². The van der Waals surface area contributed by atoms with Crippen molar-refractivity contribution in [2.24, 2.45) is 11.8 Å². The number of rotatable bonds is 4. The molecule has 1 aromatic rings. The van der Waals surface area contributed by atoms with Crippen LogP contribution in [0.15, 0.2) is 18.2 Å². The number of benzene rings is 1. The molecule has 1 fully saturated rings. The molecule has 0 saturated heterocycles. The second kappa shape index (κ2) is 6.85. The number of nitriles is 1. The van der Waals surface area contributed by atoms with Crippen LogP contribution in [-0.2, 0) is 6.54 Å². The summed E-state index contributed by atoms with van der Waals surface area (Å²) in [6, 6.07) is 7.08. The lowest BCUT2D eigenvalue weighted by Gasteiger charge is -2.35. The summed E-state index contributed by atoms with van der Waals surface area (Å²) in [5.41, 5.74) is 1.25. The molecule has 0 radical (unpaired) electrons. The minimum absolute atomic E-state index is 0.329. The summed E-state index contributed by atoms with van der Waals surface area (Å²) < 4.78 is 13.4. The summed E-state index contributed by atoms with van der Waals surface area (Å²) in [5, 5.41) is 12.5. The molecule has 1 aliphatic rings. The minimum atomic E-state index is -0.329. The van der Waals surface area contributed by atoms with Crippen molar-refractivity contribution in [1.29, 1.82) is 5.26 Å². The monoisotopic (exact) mass is 274 g/mol. The second-order valence-electron chi connectivity index (χ2n) is 6.14. The van der Waals surface area contributed by atoms with Gasteiger partial charge in [0, 0.05) is 12.6 Å². The van der Waals surface area contributed by atoms with Gasteiger partial charge < -0.3 is 5.32 Å². The molecule has 20 heavy (non-hydrogen) atoms. The Morgan fingerprint density at radius 3 is 2.75 bits per heavy atom. The average Bonchev–Trinajstić information content (AvgIpc) is 2.44. The van der Waals surface area contributed by atoms with Crippen LogP contribution in [0.2, 0.25) is 0 Å². The Hall–Kier alpha value is -1.40. The Morgan fingerprint density at radius 2 is 2.05 bits per heavy atom. The van der Waals surface area contributed by atoms with E-state index in [1.165, 1.54) is 37.8 Å². The number of hydrogen-bond acceptors (Lipinski definition) is 2. The van der Waals surface area contributed by atoms with Crippen LogP contribution >= 0.6 is 0 Å². The fraction of sp³-hybridized carbons (Fsp3) is 0.588. The van der Waals surface area contributed by atoms with Crippen LogP contribution in [-0.4, -0.2) is 6.04 Å². The maximum Gasteiger partial charge on any atom is 0.124 e.